The van der Waals surface area contributed by atoms with Crippen LogP contribution in [0, 0.1) is 5.92 Å². The van der Waals surface area contributed by atoms with Crippen molar-refractivity contribution >= 4 is 5.91 Å². The summed E-state index contributed by atoms with van der Waals surface area (Å²) in [5, 5.41) is 12.6. The van der Waals surface area contributed by atoms with E-state index in [4.69, 9.17) is 4.74 Å². The summed E-state index contributed by atoms with van der Waals surface area (Å²) < 4.78 is 5.75. The largest absolute Gasteiger partial charge is 0.493 e. The van der Waals surface area contributed by atoms with Crippen LogP contribution in [-0.2, 0) is 4.79 Å². The summed E-state index contributed by atoms with van der Waals surface area (Å²) in [5.41, 5.74) is 1.81. The molecule has 0 aromatic heterocycles. The quantitative estimate of drug-likeness (QED) is 0.713. The summed E-state index contributed by atoms with van der Waals surface area (Å²) in [6.45, 7) is 6.69. The maximum atomic E-state index is 12.5. The molecule has 1 unspecified atom stereocenters. The Morgan fingerprint density at radius 2 is 1.69 bits per heavy atom. The number of hydrogen-bond donors (Lipinski definition) is 2. The molecule has 2 rings (SSSR count). The predicted octanol–water partition coefficient (Wildman–Crippen LogP) is 4.06. The number of aliphatic hydroxyl groups excluding tert-OH is 1. The molecule has 0 heterocycles. The Morgan fingerprint density at radius 1 is 1.04 bits per heavy atom. The molecule has 4 heteroatoms. The molecule has 0 aliphatic carbocycles. The second-order valence-electron chi connectivity index (χ2n) is 6.77. The van der Waals surface area contributed by atoms with Gasteiger partial charge in [0.25, 0.3) is 0 Å². The first-order chi connectivity index (χ1) is 12.5. The molecule has 0 spiro atoms. The second kappa shape index (κ2) is 9.97. The van der Waals surface area contributed by atoms with Crippen LogP contribution >= 0.6 is 0 Å². The highest BCUT2D eigenvalue weighted by atomic mass is 16.5. The van der Waals surface area contributed by atoms with Gasteiger partial charge in [0, 0.05) is 0 Å². The predicted molar refractivity (Wildman–Crippen MR) is 104 cm³/mol. The van der Waals surface area contributed by atoms with Crippen molar-refractivity contribution in [3.8, 4) is 5.75 Å². The first-order valence-corrected chi connectivity index (χ1v) is 9.24. The third kappa shape index (κ3) is 5.60. The van der Waals surface area contributed by atoms with Gasteiger partial charge in [-0.2, -0.15) is 0 Å². The molecule has 140 valence electrons. The lowest BCUT2D eigenvalue weighted by molar-refractivity contribution is -0.123. The molecule has 4 nitrogen and oxygen atoms in total. The Balaban J connectivity index is 1.98. The molecular weight excluding hydrogens is 326 g/mol. The lowest BCUT2D eigenvalue weighted by Gasteiger charge is -2.20. The van der Waals surface area contributed by atoms with Crippen molar-refractivity contribution in [2.75, 3.05) is 13.2 Å². The van der Waals surface area contributed by atoms with Crippen molar-refractivity contribution in [3.63, 3.8) is 0 Å². The van der Waals surface area contributed by atoms with E-state index in [1.807, 2.05) is 61.5 Å². The van der Waals surface area contributed by atoms with Crippen molar-refractivity contribution in [3.05, 3.63) is 65.7 Å². The highest BCUT2D eigenvalue weighted by Gasteiger charge is 2.19. The molecule has 1 amide bonds. The summed E-state index contributed by atoms with van der Waals surface area (Å²) >= 11 is 0. The number of rotatable bonds is 9. The molecule has 2 aromatic carbocycles. The Morgan fingerprint density at radius 3 is 2.27 bits per heavy atom. The van der Waals surface area contributed by atoms with Gasteiger partial charge in [-0.05, 0) is 36.1 Å². The van der Waals surface area contributed by atoms with Crippen LogP contribution in [0.2, 0.25) is 0 Å². The first kappa shape index (κ1) is 20.0. The van der Waals surface area contributed by atoms with E-state index in [9.17, 15) is 9.90 Å². The van der Waals surface area contributed by atoms with Gasteiger partial charge in [-0.1, -0.05) is 62.7 Å². The molecule has 0 fully saturated rings. The minimum absolute atomic E-state index is 0.104. The Labute approximate surface area is 156 Å². The third-order valence-electron chi connectivity index (χ3n) is 4.71. The molecule has 0 saturated carbocycles. The fraction of sp³-hybridized carbons (Fsp3) is 0.409. The van der Waals surface area contributed by atoms with Gasteiger partial charge in [-0.25, -0.2) is 0 Å². The zero-order valence-corrected chi connectivity index (χ0v) is 15.8. The van der Waals surface area contributed by atoms with Crippen molar-refractivity contribution in [1.82, 2.24) is 5.32 Å². The monoisotopic (exact) mass is 355 g/mol. The molecular formula is C22H29NO3. The number of aliphatic hydroxyl groups is 1. The van der Waals surface area contributed by atoms with E-state index in [0.29, 0.717) is 12.5 Å². The van der Waals surface area contributed by atoms with Crippen LogP contribution in [0.15, 0.2) is 54.6 Å². The van der Waals surface area contributed by atoms with E-state index < -0.39 is 6.04 Å². The average molecular weight is 355 g/mol. The number of ether oxygens (including phenoxy) is 1. The van der Waals surface area contributed by atoms with Crippen LogP contribution in [0.3, 0.4) is 0 Å². The number of hydrogen-bond acceptors (Lipinski definition) is 3. The van der Waals surface area contributed by atoms with Crippen molar-refractivity contribution in [1.29, 1.82) is 0 Å². The number of carbonyl (C=O) groups excluding carboxylic acids is 1. The highest BCUT2D eigenvalue weighted by Crippen LogP contribution is 2.21. The van der Waals surface area contributed by atoms with Gasteiger partial charge in [-0.3, -0.25) is 4.79 Å². The van der Waals surface area contributed by atoms with Gasteiger partial charge in [0.15, 0.2) is 0 Å². The third-order valence-corrected chi connectivity index (χ3v) is 4.71. The topological polar surface area (TPSA) is 58.6 Å². The van der Waals surface area contributed by atoms with Crippen LogP contribution in [0.5, 0.6) is 5.75 Å². The number of benzene rings is 2. The molecule has 2 aromatic rings. The van der Waals surface area contributed by atoms with Crippen LogP contribution in [0.25, 0.3) is 0 Å². The van der Waals surface area contributed by atoms with E-state index in [1.54, 1.807) is 0 Å². The van der Waals surface area contributed by atoms with Gasteiger partial charge in [0.2, 0.25) is 5.91 Å². The van der Waals surface area contributed by atoms with Gasteiger partial charge in [0.05, 0.1) is 25.2 Å². The van der Waals surface area contributed by atoms with E-state index in [1.165, 1.54) is 0 Å². The normalized spacial score (nSPS) is 14.3. The van der Waals surface area contributed by atoms with Crippen LogP contribution < -0.4 is 10.1 Å². The van der Waals surface area contributed by atoms with E-state index in [-0.39, 0.29) is 18.4 Å². The minimum Gasteiger partial charge on any atom is -0.493 e. The van der Waals surface area contributed by atoms with Gasteiger partial charge < -0.3 is 15.2 Å². The Bertz CT molecular complexity index is 670. The molecule has 0 bridgehead atoms. The number of carbonyl (C=O) groups is 1. The Kier molecular flexibility index (Phi) is 7.67. The summed E-state index contributed by atoms with van der Waals surface area (Å²) in [6, 6.07) is 16.7. The van der Waals surface area contributed by atoms with Crippen molar-refractivity contribution < 1.29 is 14.6 Å². The summed E-state index contributed by atoms with van der Waals surface area (Å²) in [4.78, 5) is 12.5. The molecule has 0 saturated heterocycles. The smallest absolute Gasteiger partial charge is 0.227 e. The molecule has 0 aliphatic heterocycles. The van der Waals surface area contributed by atoms with Gasteiger partial charge in [0.1, 0.15) is 5.75 Å². The maximum absolute atomic E-state index is 12.5. The Hall–Kier alpha value is -2.33. The minimum atomic E-state index is -0.433. The van der Waals surface area contributed by atoms with Crippen molar-refractivity contribution in [2.45, 2.75) is 39.2 Å². The van der Waals surface area contributed by atoms with Crippen LogP contribution in [-0.4, -0.2) is 24.2 Å². The highest BCUT2D eigenvalue weighted by molar-refractivity contribution is 5.83. The van der Waals surface area contributed by atoms with E-state index in [2.05, 4.69) is 19.2 Å². The average Bonchev–Trinajstić information content (AvgIpc) is 2.70. The summed E-state index contributed by atoms with van der Waals surface area (Å²) in [5.74, 6) is 0.934. The fourth-order valence-electron chi connectivity index (χ4n) is 2.58. The van der Waals surface area contributed by atoms with Gasteiger partial charge >= 0.3 is 0 Å². The zero-order valence-electron chi connectivity index (χ0n) is 15.8. The lowest BCUT2D eigenvalue weighted by Crippen LogP contribution is -2.33. The number of nitrogens with one attached hydrogen (secondary N) is 1. The molecule has 26 heavy (non-hydrogen) atoms. The molecule has 0 radical (unpaired) electrons. The lowest BCUT2D eigenvalue weighted by atomic mass is 9.99. The fourth-order valence-corrected chi connectivity index (χ4v) is 2.58. The maximum Gasteiger partial charge on any atom is 0.227 e. The second-order valence-corrected chi connectivity index (χ2v) is 6.77. The summed E-state index contributed by atoms with van der Waals surface area (Å²) in [7, 11) is 0. The number of amides is 1. The first-order valence-electron chi connectivity index (χ1n) is 9.24. The SMILES string of the molecule is CCC(C)COc1ccc([C@H](CO)NC(=O)[C@@H](C)c2ccccc2)cc1. The van der Waals surface area contributed by atoms with Crippen molar-refractivity contribution in [2.24, 2.45) is 5.92 Å². The van der Waals surface area contributed by atoms with E-state index >= 15 is 0 Å². The molecule has 0 aliphatic rings. The van der Waals surface area contributed by atoms with Crippen LogP contribution in [0.1, 0.15) is 50.3 Å². The van der Waals surface area contributed by atoms with Crippen LogP contribution in [0.4, 0.5) is 0 Å². The molecule has 3 atom stereocenters. The zero-order chi connectivity index (χ0) is 18.9. The van der Waals surface area contributed by atoms with Gasteiger partial charge in [-0.15, -0.1) is 0 Å². The molecule has 2 N–H and O–H groups in total. The van der Waals surface area contributed by atoms with E-state index in [0.717, 1.165) is 23.3 Å². The standard InChI is InChI=1S/C22H29NO3/c1-4-16(2)15-26-20-12-10-19(11-13-20)21(14-24)23-22(25)17(3)18-8-6-5-7-9-18/h5-13,16-17,21,24H,4,14-15H2,1-3H3,(H,23,25)/t16?,17-,21-/m0/s1. The summed E-state index contributed by atoms with van der Waals surface area (Å²) in [6.07, 6.45) is 1.08.